The van der Waals surface area contributed by atoms with Crippen molar-refractivity contribution in [2.45, 2.75) is 25.4 Å². The first-order valence-corrected chi connectivity index (χ1v) is 9.65. The molecule has 0 saturated heterocycles. The fraction of sp³-hybridized carbons (Fsp3) is 0.211. The Morgan fingerprint density at radius 2 is 1.84 bits per heavy atom. The lowest BCUT2D eigenvalue weighted by atomic mass is 10.0. The number of nitrogens with one attached hydrogen (secondary N) is 1. The standard InChI is InChI=1S/C19H12Cl3F3N4O2/c1-18(8-26,9-29-16(22)12-6-7-13(20)14(21)15(12)28-29)27-17(30)10-2-4-11(5-3-10)31-19(23,24)25/h2-7H,9H2,1H3,(H,27,30). The van der Waals surface area contributed by atoms with E-state index in [1.165, 1.54) is 11.6 Å². The lowest BCUT2D eigenvalue weighted by molar-refractivity contribution is -0.274. The van der Waals surface area contributed by atoms with Gasteiger partial charge in [-0.1, -0.05) is 34.8 Å². The Bertz CT molecular complexity index is 1190. The maximum absolute atomic E-state index is 12.5. The van der Waals surface area contributed by atoms with Crippen molar-refractivity contribution in [3.8, 4) is 11.8 Å². The minimum atomic E-state index is -4.84. The van der Waals surface area contributed by atoms with E-state index in [4.69, 9.17) is 34.8 Å². The average Bonchev–Trinajstić information content (AvgIpc) is 3.00. The SMILES string of the molecule is CC(C#N)(Cn1nc2c(Cl)c(Cl)ccc2c1Cl)NC(=O)c1ccc(OC(F)(F)F)cc1. The number of hydrogen-bond donors (Lipinski definition) is 1. The third-order valence-electron chi connectivity index (χ3n) is 4.19. The number of amides is 1. The summed E-state index contributed by atoms with van der Waals surface area (Å²) in [6, 6.07) is 9.45. The van der Waals surface area contributed by atoms with Gasteiger partial charge in [-0.2, -0.15) is 10.4 Å². The number of halogens is 6. The van der Waals surface area contributed by atoms with Gasteiger partial charge >= 0.3 is 6.36 Å². The predicted molar refractivity (Wildman–Crippen MR) is 109 cm³/mol. The van der Waals surface area contributed by atoms with Crippen molar-refractivity contribution in [1.29, 1.82) is 5.26 Å². The van der Waals surface area contributed by atoms with Crippen LogP contribution in [0, 0.1) is 11.3 Å². The Hall–Kier alpha value is -2.67. The molecule has 1 heterocycles. The van der Waals surface area contributed by atoms with Gasteiger partial charge in [0.15, 0.2) is 0 Å². The van der Waals surface area contributed by atoms with Crippen molar-refractivity contribution in [3.63, 3.8) is 0 Å². The van der Waals surface area contributed by atoms with Crippen molar-refractivity contribution < 1.29 is 22.7 Å². The third kappa shape index (κ3) is 5.15. The first kappa shape index (κ1) is 23.0. The number of carbonyl (C=O) groups excluding carboxylic acids is 1. The van der Waals surface area contributed by atoms with Gasteiger partial charge in [-0.25, -0.2) is 4.68 Å². The number of aromatic nitrogens is 2. The summed E-state index contributed by atoms with van der Waals surface area (Å²) in [5, 5.41) is 17.6. The summed E-state index contributed by atoms with van der Waals surface area (Å²) in [6.45, 7) is 1.31. The molecule has 3 rings (SSSR count). The largest absolute Gasteiger partial charge is 0.573 e. The van der Waals surface area contributed by atoms with Crippen LogP contribution >= 0.6 is 34.8 Å². The van der Waals surface area contributed by atoms with Crippen LogP contribution in [0.3, 0.4) is 0 Å². The smallest absolute Gasteiger partial charge is 0.406 e. The first-order valence-electron chi connectivity index (χ1n) is 8.52. The van der Waals surface area contributed by atoms with Crippen LogP contribution in [-0.2, 0) is 6.54 Å². The maximum atomic E-state index is 12.5. The molecule has 1 aromatic heterocycles. The van der Waals surface area contributed by atoms with Gasteiger partial charge < -0.3 is 10.1 Å². The molecular weight excluding hydrogens is 480 g/mol. The molecule has 0 fully saturated rings. The predicted octanol–water partition coefficient (Wildman–Crippen LogP) is 5.61. The summed E-state index contributed by atoms with van der Waals surface area (Å²) in [5.41, 5.74) is -1.09. The molecule has 12 heteroatoms. The van der Waals surface area contributed by atoms with Crippen molar-refractivity contribution >= 4 is 51.6 Å². The minimum Gasteiger partial charge on any atom is -0.406 e. The molecule has 0 aliphatic heterocycles. The van der Waals surface area contributed by atoms with Gasteiger partial charge in [0.05, 0.1) is 22.7 Å². The number of hydrogen-bond acceptors (Lipinski definition) is 4. The second-order valence-electron chi connectivity index (χ2n) is 6.68. The molecule has 0 saturated carbocycles. The highest BCUT2D eigenvalue weighted by Gasteiger charge is 2.32. The Morgan fingerprint density at radius 1 is 1.19 bits per heavy atom. The maximum Gasteiger partial charge on any atom is 0.573 e. The molecule has 1 N–H and O–H groups in total. The van der Waals surface area contributed by atoms with Gasteiger partial charge in [0.25, 0.3) is 5.91 Å². The van der Waals surface area contributed by atoms with E-state index >= 15 is 0 Å². The van der Waals surface area contributed by atoms with Gasteiger partial charge in [0.1, 0.15) is 22.0 Å². The number of carbonyl (C=O) groups is 1. The van der Waals surface area contributed by atoms with Crippen LogP contribution < -0.4 is 10.1 Å². The molecule has 0 aliphatic carbocycles. The Labute approximate surface area is 189 Å². The Balaban J connectivity index is 1.81. The van der Waals surface area contributed by atoms with Gasteiger partial charge in [0.2, 0.25) is 0 Å². The van der Waals surface area contributed by atoms with Gasteiger partial charge in [-0.05, 0) is 43.3 Å². The summed E-state index contributed by atoms with van der Waals surface area (Å²) in [5.74, 6) is -1.16. The van der Waals surface area contributed by atoms with Gasteiger partial charge in [-0.15, -0.1) is 13.2 Å². The van der Waals surface area contributed by atoms with E-state index in [1.807, 2.05) is 6.07 Å². The second-order valence-corrected chi connectivity index (χ2v) is 7.82. The minimum absolute atomic E-state index is 0.0301. The normalized spacial score (nSPS) is 13.5. The first-order chi connectivity index (χ1) is 14.4. The molecule has 162 valence electrons. The molecule has 0 spiro atoms. The quantitative estimate of drug-likeness (QED) is 0.503. The van der Waals surface area contributed by atoms with Crippen molar-refractivity contribution in [2.24, 2.45) is 0 Å². The monoisotopic (exact) mass is 490 g/mol. The third-order valence-corrected chi connectivity index (χ3v) is 5.38. The van der Waals surface area contributed by atoms with Crippen LogP contribution in [0.5, 0.6) is 5.75 Å². The van der Waals surface area contributed by atoms with Crippen molar-refractivity contribution in [3.05, 3.63) is 57.2 Å². The van der Waals surface area contributed by atoms with Crippen molar-refractivity contribution in [2.75, 3.05) is 0 Å². The molecule has 0 aliphatic rings. The zero-order valence-corrected chi connectivity index (χ0v) is 17.9. The van der Waals surface area contributed by atoms with E-state index < -0.39 is 23.6 Å². The molecule has 6 nitrogen and oxygen atoms in total. The molecule has 0 bridgehead atoms. The van der Waals surface area contributed by atoms with E-state index in [0.29, 0.717) is 10.9 Å². The fourth-order valence-corrected chi connectivity index (χ4v) is 3.35. The van der Waals surface area contributed by atoms with Crippen LogP contribution in [0.4, 0.5) is 13.2 Å². The van der Waals surface area contributed by atoms with Crippen molar-refractivity contribution in [1.82, 2.24) is 15.1 Å². The Kier molecular flexibility index (Phi) is 6.28. The highest BCUT2D eigenvalue weighted by molar-refractivity contribution is 6.46. The molecule has 1 atom stereocenters. The number of benzene rings is 2. The number of nitriles is 1. The summed E-state index contributed by atoms with van der Waals surface area (Å²) < 4.78 is 41.9. The van der Waals surface area contributed by atoms with E-state index in [-0.39, 0.29) is 27.3 Å². The lowest BCUT2D eigenvalue weighted by Gasteiger charge is -2.23. The van der Waals surface area contributed by atoms with Crippen LogP contribution in [0.15, 0.2) is 36.4 Å². The molecular formula is C19H12Cl3F3N4O2. The highest BCUT2D eigenvalue weighted by Crippen LogP contribution is 2.34. The highest BCUT2D eigenvalue weighted by atomic mass is 35.5. The second kappa shape index (κ2) is 8.46. The van der Waals surface area contributed by atoms with E-state index in [2.05, 4.69) is 15.2 Å². The number of rotatable bonds is 5. The average molecular weight is 492 g/mol. The molecule has 2 aromatic carbocycles. The number of fused-ring (bicyclic) bond motifs is 1. The number of nitrogens with zero attached hydrogens (tertiary/aromatic N) is 3. The number of alkyl halides is 3. The van der Waals surface area contributed by atoms with Crippen LogP contribution in [0.2, 0.25) is 15.2 Å². The zero-order chi connectivity index (χ0) is 23.0. The summed E-state index contributed by atoms with van der Waals surface area (Å²) in [7, 11) is 0. The topological polar surface area (TPSA) is 79.9 Å². The molecule has 1 amide bonds. The van der Waals surface area contributed by atoms with E-state index in [1.54, 1.807) is 12.1 Å². The summed E-state index contributed by atoms with van der Waals surface area (Å²) >= 11 is 18.5. The van der Waals surface area contributed by atoms with E-state index in [0.717, 1.165) is 24.3 Å². The zero-order valence-electron chi connectivity index (χ0n) is 15.6. The van der Waals surface area contributed by atoms with Gasteiger partial charge in [-0.3, -0.25) is 4.79 Å². The lowest BCUT2D eigenvalue weighted by Crippen LogP contribution is -2.48. The van der Waals surface area contributed by atoms with E-state index in [9.17, 15) is 23.2 Å². The molecule has 0 radical (unpaired) electrons. The summed E-state index contributed by atoms with van der Waals surface area (Å²) in [4.78, 5) is 12.5. The van der Waals surface area contributed by atoms with Crippen LogP contribution in [0.25, 0.3) is 10.9 Å². The molecule has 1 unspecified atom stereocenters. The molecule has 3 aromatic rings. The number of ether oxygens (including phenoxy) is 1. The fourth-order valence-electron chi connectivity index (χ4n) is 2.75. The van der Waals surface area contributed by atoms with Gasteiger partial charge in [0, 0.05) is 10.9 Å². The summed E-state index contributed by atoms with van der Waals surface area (Å²) in [6.07, 6.45) is -4.84. The van der Waals surface area contributed by atoms with Crippen LogP contribution in [0.1, 0.15) is 17.3 Å². The Morgan fingerprint density at radius 3 is 2.42 bits per heavy atom. The van der Waals surface area contributed by atoms with Crippen LogP contribution in [-0.4, -0.2) is 27.6 Å². The molecule has 31 heavy (non-hydrogen) atoms.